The van der Waals surface area contributed by atoms with E-state index in [2.05, 4.69) is 372 Å². The van der Waals surface area contributed by atoms with Crippen LogP contribution in [0, 0.1) is 33.8 Å². The summed E-state index contributed by atoms with van der Waals surface area (Å²) in [6.07, 6.45) is 25.7. The van der Waals surface area contributed by atoms with Gasteiger partial charge in [0.05, 0.1) is 58.2 Å². The van der Waals surface area contributed by atoms with Gasteiger partial charge in [-0.15, -0.1) is 29.7 Å². The van der Waals surface area contributed by atoms with Crippen LogP contribution >= 0.6 is 31.9 Å². The SMILES string of the molecule is Brc1ccc2c(c1)-c1ccccc1C1=NCCN12.Brc1cnc2c3ccccc3c3cc(N4CCCCC4)ccc3n12.Cc1cccc(C)c1-c1cnc2c3[c-]cccc3c3cc(N4CCCCC4)ccc3n12.Cc1cccc(C)c1-c1cnc2c3ccccc3c3cc(N4CCCCC4)ccc3n12.[Ir].c1ccc2c(c1)c1cc(N3CCCCC3)ccc1n1ccnc21. The van der Waals surface area contributed by atoms with Crippen molar-refractivity contribution in [3.63, 3.8) is 0 Å². The van der Waals surface area contributed by atoms with Crippen LogP contribution in [0.2, 0.25) is 0 Å². The Morgan fingerprint density at radius 3 is 1.23 bits per heavy atom. The number of benzene rings is 12. The molecular formula is C111H101Br2IrN14-. The first kappa shape index (κ1) is 82.7. The molecule has 0 bridgehead atoms. The van der Waals surface area contributed by atoms with Crippen LogP contribution in [0.3, 0.4) is 0 Å². The first-order valence-electron chi connectivity index (χ1n) is 45.7. The molecule has 14 heterocycles. The molecule has 128 heavy (non-hydrogen) atoms. The van der Waals surface area contributed by atoms with Gasteiger partial charge in [0.1, 0.15) is 27.4 Å². The van der Waals surface area contributed by atoms with E-state index in [0.29, 0.717) is 0 Å². The zero-order chi connectivity index (χ0) is 85.3. The standard InChI is InChI=1S/C28H27N3.C28H26N3.C20H18BrN3.C20H19N3.C15H11BrN2.Ir/c2*1-19-9-8-10-20(2)27(19)26-18-29-28-23-12-5-4-11-22(23)24-17-21(13-14-25(24)31(26)28)30-15-6-3-7-16-30;21-19-13-22-20-16-7-3-2-6-15(16)17-12-14(8-9-18(17)24(19)20)23-10-4-1-5-11-23;1-4-11-22(12-5-1)15-8-9-19-18(14-15)16-6-2-3-7-17(16)20-21-10-13-23(19)20;16-10-5-6-14-13(9-10)11-3-1-2-4-12(11)15-17-7-8-18(14)15;/h4-5,8-14,17-18H,3,6-7,15-16H2,1-2H3;4-5,8-11,13-14,17-18H,3,6-7,15-16H2,1-2H3;2-3,6-9,12-13H,1,4-5,10-11H2;2-3,6-10,13-14H,1,4-5,11-12H2;1-6,9H,7-8H2;/q;-1;;;;. The third-order valence-electron chi connectivity index (χ3n) is 27.4. The van der Waals surface area contributed by atoms with E-state index in [4.69, 9.17) is 9.97 Å². The molecule has 20 aromatic rings. The van der Waals surface area contributed by atoms with E-state index >= 15 is 0 Å². The molecule has 0 aliphatic carbocycles. The van der Waals surface area contributed by atoms with Crippen LogP contribution in [0.5, 0.6) is 0 Å². The van der Waals surface area contributed by atoms with Crippen LogP contribution in [0.4, 0.5) is 28.4 Å². The number of anilines is 5. The average Bonchev–Trinajstić information content (AvgIpc) is 1.50. The number of hydrogen-bond acceptors (Lipinski definition) is 10. The van der Waals surface area contributed by atoms with Gasteiger partial charge < -0.3 is 28.9 Å². The predicted molar refractivity (Wildman–Crippen MR) is 540 cm³/mol. The summed E-state index contributed by atoms with van der Waals surface area (Å²) in [6.45, 7) is 19.9. The van der Waals surface area contributed by atoms with Crippen LogP contribution < -0.4 is 24.5 Å². The summed E-state index contributed by atoms with van der Waals surface area (Å²) in [5.74, 6) is 1.13. The Bertz CT molecular complexity index is 7440. The Balaban J connectivity index is 0.0000000982. The van der Waals surface area contributed by atoms with Crippen molar-refractivity contribution >= 4 is 175 Å². The van der Waals surface area contributed by atoms with E-state index in [0.717, 1.165) is 87.8 Å². The van der Waals surface area contributed by atoms with E-state index in [1.807, 2.05) is 24.7 Å². The first-order valence-corrected chi connectivity index (χ1v) is 47.3. The molecule has 26 rings (SSSR count). The largest absolute Gasteiger partial charge is 0.372 e. The van der Waals surface area contributed by atoms with Gasteiger partial charge in [0.2, 0.25) is 0 Å². The molecule has 0 amide bonds. The molecule has 4 fully saturated rings. The van der Waals surface area contributed by atoms with Gasteiger partial charge in [-0.2, -0.15) is 0 Å². The monoisotopic (exact) mass is 1980 g/mol. The third kappa shape index (κ3) is 15.0. The van der Waals surface area contributed by atoms with Gasteiger partial charge in [-0.3, -0.25) is 23.2 Å². The number of amidine groups is 1. The molecule has 8 aromatic heterocycles. The van der Waals surface area contributed by atoms with Crippen molar-refractivity contribution in [2.45, 2.75) is 105 Å². The maximum absolute atomic E-state index is 4.92. The van der Waals surface area contributed by atoms with Crippen molar-refractivity contribution < 1.29 is 20.1 Å². The Hall–Kier alpha value is -12.2. The first-order chi connectivity index (χ1) is 62.5. The molecule has 0 saturated carbocycles. The topological polar surface area (TPSA) is 97.8 Å². The van der Waals surface area contributed by atoms with Crippen LogP contribution in [0.1, 0.15) is 105 Å². The van der Waals surface area contributed by atoms with Gasteiger partial charge >= 0.3 is 0 Å². The third-order valence-corrected chi connectivity index (χ3v) is 28.5. The van der Waals surface area contributed by atoms with Crippen molar-refractivity contribution in [2.75, 3.05) is 89.9 Å². The Kier molecular flexibility index (Phi) is 22.9. The van der Waals surface area contributed by atoms with Crippen molar-refractivity contribution in [1.82, 2.24) is 37.5 Å². The van der Waals surface area contributed by atoms with Crippen LogP contribution in [-0.4, -0.2) is 109 Å². The number of aliphatic imine (C=N–C) groups is 1. The van der Waals surface area contributed by atoms with Crippen molar-refractivity contribution in [2.24, 2.45) is 4.99 Å². The molecule has 0 N–H and O–H groups in total. The number of aromatic nitrogens is 8. The fraction of sp³-hybridized carbons (Fsp3) is 0.234. The summed E-state index contributed by atoms with van der Waals surface area (Å²) in [4.78, 5) is 36.1. The number of hydrogen-bond donors (Lipinski definition) is 0. The molecule has 0 unspecified atom stereocenters. The van der Waals surface area contributed by atoms with E-state index in [1.165, 1.54) is 269 Å². The minimum Gasteiger partial charge on any atom is -0.372 e. The number of fused-ring (bicyclic) bond motifs is 30. The second-order valence-corrected chi connectivity index (χ2v) is 36.9. The molecule has 4 saturated heterocycles. The Morgan fingerprint density at radius 1 is 0.320 bits per heavy atom. The van der Waals surface area contributed by atoms with Crippen molar-refractivity contribution in [3.05, 3.63) is 317 Å². The summed E-state index contributed by atoms with van der Waals surface area (Å²) in [7, 11) is 0. The van der Waals surface area contributed by atoms with E-state index < -0.39 is 0 Å². The van der Waals surface area contributed by atoms with Gasteiger partial charge in [0, 0.05) is 185 Å². The van der Waals surface area contributed by atoms with Gasteiger partial charge in [0.15, 0.2) is 0 Å². The molecule has 6 aliphatic rings. The number of nitrogens with zero attached hydrogens (tertiary/aromatic N) is 14. The molecule has 0 spiro atoms. The van der Waals surface area contributed by atoms with Gasteiger partial charge in [0.25, 0.3) is 0 Å². The van der Waals surface area contributed by atoms with E-state index in [9.17, 15) is 0 Å². The number of imidazole rings is 4. The van der Waals surface area contributed by atoms with Crippen LogP contribution in [0.15, 0.2) is 288 Å². The molecular weight excluding hydrogens is 1880 g/mol. The van der Waals surface area contributed by atoms with Crippen LogP contribution in [0.25, 0.3) is 143 Å². The van der Waals surface area contributed by atoms with Gasteiger partial charge in [-0.1, -0.05) is 155 Å². The predicted octanol–water partition coefficient (Wildman–Crippen LogP) is 27.3. The number of piperidine rings is 4. The van der Waals surface area contributed by atoms with E-state index in [1.54, 1.807) is 0 Å². The quantitative estimate of drug-likeness (QED) is 0.119. The second-order valence-electron chi connectivity index (χ2n) is 35.2. The van der Waals surface area contributed by atoms with Gasteiger partial charge in [-0.05, 0) is 261 Å². The molecule has 12 aromatic carbocycles. The summed E-state index contributed by atoms with van der Waals surface area (Å²) >= 11 is 7.22. The minimum atomic E-state index is 0. The molecule has 17 heteroatoms. The summed E-state index contributed by atoms with van der Waals surface area (Å²) in [5.41, 5.74) is 29.4. The molecule has 6 aliphatic heterocycles. The number of halogens is 2. The summed E-state index contributed by atoms with van der Waals surface area (Å²) < 4.78 is 11.2. The Labute approximate surface area is 776 Å². The van der Waals surface area contributed by atoms with Gasteiger partial charge in [-0.25, -0.2) is 15.0 Å². The minimum absolute atomic E-state index is 0. The summed E-state index contributed by atoms with van der Waals surface area (Å²) in [5, 5.41) is 15.0. The zero-order valence-corrected chi connectivity index (χ0v) is 78.5. The molecule has 1 radical (unpaired) electrons. The number of rotatable bonds is 6. The average molecular weight is 1980 g/mol. The number of pyridine rings is 4. The molecule has 0 atom stereocenters. The van der Waals surface area contributed by atoms with Crippen LogP contribution in [-0.2, 0) is 20.1 Å². The van der Waals surface area contributed by atoms with Crippen molar-refractivity contribution in [1.29, 1.82) is 0 Å². The summed E-state index contributed by atoms with van der Waals surface area (Å²) in [6, 6.07) is 91.4. The molecule has 14 nitrogen and oxygen atoms in total. The second kappa shape index (κ2) is 35.4. The fourth-order valence-electron chi connectivity index (χ4n) is 21.3. The number of aryl methyl sites for hydroxylation is 4. The maximum Gasteiger partial charge on any atom is 0.146 e. The smallest absolute Gasteiger partial charge is 0.146 e. The van der Waals surface area contributed by atoms with Crippen molar-refractivity contribution in [3.8, 4) is 33.6 Å². The molecule has 639 valence electrons. The van der Waals surface area contributed by atoms with E-state index in [-0.39, 0.29) is 20.1 Å². The fourth-order valence-corrected chi connectivity index (χ4v) is 22.1. The normalized spacial score (nSPS) is 15.1. The Morgan fingerprint density at radius 2 is 0.727 bits per heavy atom. The zero-order valence-electron chi connectivity index (χ0n) is 72.9. The maximum atomic E-state index is 4.92.